The number of anilines is 1. The third-order valence-corrected chi connectivity index (χ3v) is 5.33. The highest BCUT2D eigenvalue weighted by atomic mass is 16.2. The van der Waals surface area contributed by atoms with E-state index in [0.29, 0.717) is 11.9 Å². The Balaban J connectivity index is 1.69. The lowest BCUT2D eigenvalue weighted by atomic mass is 10.0. The lowest BCUT2D eigenvalue weighted by Crippen LogP contribution is -2.99. The summed E-state index contributed by atoms with van der Waals surface area (Å²) in [7, 11) is 1.78. The molecular weight excluding hydrogens is 328 g/mol. The minimum absolute atomic E-state index is 0.0897. The number of guanidine groups is 2. The number of hydrogen-bond donors (Lipinski definition) is 4. The second-order valence-corrected chi connectivity index (χ2v) is 6.80. The molecule has 5 rings (SSSR count). The number of nitrogens with zero attached hydrogens (tertiary/aromatic N) is 2. The van der Waals surface area contributed by atoms with Gasteiger partial charge < -0.3 is 4.90 Å². The molecule has 7 nitrogen and oxygen atoms in total. The summed E-state index contributed by atoms with van der Waals surface area (Å²) in [6, 6.07) is 16.0. The molecule has 0 aliphatic carbocycles. The Bertz CT molecular complexity index is 1010. The van der Waals surface area contributed by atoms with Crippen LogP contribution in [0.1, 0.15) is 11.1 Å². The maximum Gasteiger partial charge on any atom is 0.364 e. The largest absolute Gasteiger partial charge is 0.364 e. The molecule has 3 aliphatic rings. The van der Waals surface area contributed by atoms with Gasteiger partial charge in [0.05, 0.1) is 17.8 Å². The number of para-hydroxylation sites is 2. The van der Waals surface area contributed by atoms with Crippen molar-refractivity contribution < 1.29 is 14.4 Å². The molecule has 5 N–H and O–H groups in total. The number of nitrogens with one attached hydrogen (secondary N) is 3. The minimum Gasteiger partial charge on any atom is -0.308 e. The van der Waals surface area contributed by atoms with Gasteiger partial charge in [-0.1, -0.05) is 30.3 Å². The van der Waals surface area contributed by atoms with Gasteiger partial charge in [0, 0.05) is 13.5 Å². The summed E-state index contributed by atoms with van der Waals surface area (Å²) in [6.07, 6.45) is 0.952. The fraction of sp³-hybridized carbons (Fsp3) is 0.211. The molecule has 0 bridgehead atoms. The monoisotopic (exact) mass is 348 g/mol. The number of likely N-dealkylation sites (N-methyl/N-ethyl adjacent to an activating group) is 1. The van der Waals surface area contributed by atoms with Crippen LogP contribution < -0.4 is 26.3 Å². The summed E-state index contributed by atoms with van der Waals surface area (Å²) in [6.45, 7) is 0.823. The van der Waals surface area contributed by atoms with Crippen LogP contribution in [0.4, 0.5) is 11.4 Å². The normalized spacial score (nSPS) is 26.3. The zero-order valence-corrected chi connectivity index (χ0v) is 14.4. The first-order chi connectivity index (χ1) is 12.6. The maximum atomic E-state index is 13.2. The van der Waals surface area contributed by atoms with Gasteiger partial charge in [-0.3, -0.25) is 10.5 Å². The van der Waals surface area contributed by atoms with Crippen molar-refractivity contribution in [2.75, 3.05) is 18.5 Å². The first kappa shape index (κ1) is 14.9. The van der Waals surface area contributed by atoms with Gasteiger partial charge in [-0.15, -0.1) is 0 Å². The standard InChI is InChI=1S/C19H18N6O/c1-24-15-9-5-3-7-13(15)19(16(24)26)22-17(20)21-18(23-19)25-11-10-12-6-2-4-8-14(12)25/h2-9H,10-11H2,1H3,(H3,20,21,22,23)/p+2/t19-/m1/s1. The SMILES string of the molecule is CN1C(=O)[C@]2(NC(=[N+]3CCc4ccccc43)NC(N)=[NH+]2)c2ccccc21. The van der Waals surface area contributed by atoms with Crippen LogP contribution in [0, 0.1) is 0 Å². The summed E-state index contributed by atoms with van der Waals surface area (Å²) >= 11 is 0. The van der Waals surface area contributed by atoms with E-state index >= 15 is 0 Å². The molecule has 2 aromatic rings. The average Bonchev–Trinajstić information content (AvgIpc) is 3.17. The van der Waals surface area contributed by atoms with Crippen molar-refractivity contribution in [3.63, 3.8) is 0 Å². The minimum atomic E-state index is -1.10. The molecule has 1 spiro atoms. The van der Waals surface area contributed by atoms with Crippen LogP contribution in [-0.2, 0) is 16.9 Å². The third-order valence-electron chi connectivity index (χ3n) is 5.33. The second kappa shape index (κ2) is 5.08. The molecule has 1 amide bonds. The molecule has 3 heterocycles. The molecule has 0 radical (unpaired) electrons. The van der Waals surface area contributed by atoms with Crippen LogP contribution >= 0.6 is 0 Å². The van der Waals surface area contributed by atoms with E-state index in [4.69, 9.17) is 5.73 Å². The molecule has 0 aromatic heterocycles. The number of fused-ring (bicyclic) bond motifs is 3. The molecule has 7 heteroatoms. The van der Waals surface area contributed by atoms with E-state index in [0.717, 1.165) is 29.9 Å². The second-order valence-electron chi connectivity index (χ2n) is 6.80. The Kier molecular flexibility index (Phi) is 2.92. The van der Waals surface area contributed by atoms with Gasteiger partial charge in [-0.25, -0.2) is 14.9 Å². The molecule has 0 saturated heterocycles. The van der Waals surface area contributed by atoms with Gasteiger partial charge in [0.15, 0.2) is 0 Å². The highest BCUT2D eigenvalue weighted by Gasteiger charge is 2.57. The van der Waals surface area contributed by atoms with Gasteiger partial charge in [0.1, 0.15) is 5.69 Å². The number of carbonyl (C=O) groups excluding carboxylic acids is 1. The quantitative estimate of drug-likeness (QED) is 0.444. The van der Waals surface area contributed by atoms with Crippen LogP contribution in [0.3, 0.4) is 0 Å². The lowest BCUT2D eigenvalue weighted by Gasteiger charge is -2.26. The molecule has 2 aromatic carbocycles. The summed E-state index contributed by atoms with van der Waals surface area (Å²) in [5.41, 5.74) is 9.20. The number of rotatable bonds is 0. The van der Waals surface area contributed by atoms with E-state index in [2.05, 4.69) is 32.3 Å². The smallest absolute Gasteiger partial charge is 0.308 e. The number of nitrogens with two attached hydrogens (primary N) is 1. The van der Waals surface area contributed by atoms with E-state index in [1.807, 2.05) is 36.4 Å². The van der Waals surface area contributed by atoms with E-state index in [9.17, 15) is 4.79 Å². The maximum absolute atomic E-state index is 13.2. The summed E-state index contributed by atoms with van der Waals surface area (Å²) in [5.74, 6) is 0.972. The van der Waals surface area contributed by atoms with E-state index in [1.165, 1.54) is 5.56 Å². The van der Waals surface area contributed by atoms with Gasteiger partial charge in [0.2, 0.25) is 0 Å². The Morgan fingerprint density at radius 3 is 2.85 bits per heavy atom. The van der Waals surface area contributed by atoms with E-state index in [1.54, 1.807) is 11.9 Å². The number of carbonyl (C=O) groups is 1. The van der Waals surface area contributed by atoms with Crippen molar-refractivity contribution in [1.82, 2.24) is 10.6 Å². The van der Waals surface area contributed by atoms with Crippen molar-refractivity contribution in [3.8, 4) is 0 Å². The summed E-state index contributed by atoms with van der Waals surface area (Å²) in [4.78, 5) is 18.0. The fourth-order valence-corrected chi connectivity index (χ4v) is 4.11. The zero-order valence-electron chi connectivity index (χ0n) is 14.4. The predicted molar refractivity (Wildman–Crippen MR) is 97.9 cm³/mol. The van der Waals surface area contributed by atoms with E-state index in [-0.39, 0.29) is 5.91 Å². The van der Waals surface area contributed by atoms with Gasteiger partial charge in [-0.05, 0) is 23.8 Å². The van der Waals surface area contributed by atoms with Crippen molar-refractivity contribution in [1.29, 1.82) is 0 Å². The highest BCUT2D eigenvalue weighted by Crippen LogP contribution is 2.35. The third kappa shape index (κ3) is 1.85. The first-order valence-electron chi connectivity index (χ1n) is 8.66. The van der Waals surface area contributed by atoms with Crippen LogP contribution in [0.15, 0.2) is 48.5 Å². The van der Waals surface area contributed by atoms with Crippen molar-refractivity contribution in [2.24, 2.45) is 5.73 Å². The molecule has 1 atom stereocenters. The molecule has 3 aliphatic heterocycles. The van der Waals surface area contributed by atoms with Crippen molar-refractivity contribution in [2.45, 2.75) is 12.1 Å². The topological polar surface area (TPSA) is 87.4 Å². The Morgan fingerprint density at radius 1 is 1.19 bits per heavy atom. The van der Waals surface area contributed by atoms with Crippen molar-refractivity contribution >= 4 is 29.2 Å². The summed E-state index contributed by atoms with van der Waals surface area (Å²) in [5, 5.41) is 6.57. The van der Waals surface area contributed by atoms with Crippen LogP contribution in [0.5, 0.6) is 0 Å². The molecule has 130 valence electrons. The predicted octanol–water partition coefficient (Wildman–Crippen LogP) is -1.34. The average molecular weight is 348 g/mol. The fourth-order valence-electron chi connectivity index (χ4n) is 4.11. The molecule has 26 heavy (non-hydrogen) atoms. The Hall–Kier alpha value is -3.35. The van der Waals surface area contributed by atoms with Crippen LogP contribution in [0.2, 0.25) is 0 Å². The molecular formula is C19H20N6O+2. The van der Waals surface area contributed by atoms with Crippen molar-refractivity contribution in [3.05, 3.63) is 59.7 Å². The first-order valence-corrected chi connectivity index (χ1v) is 8.66. The Labute approximate surface area is 150 Å². The van der Waals surface area contributed by atoms with Crippen LogP contribution in [0.25, 0.3) is 0 Å². The zero-order chi connectivity index (χ0) is 17.9. The molecule has 0 saturated carbocycles. The Morgan fingerprint density at radius 2 is 1.96 bits per heavy atom. The number of benzene rings is 2. The molecule has 0 fully saturated rings. The number of hydrogen-bond acceptors (Lipinski definition) is 2. The lowest BCUT2D eigenvalue weighted by molar-refractivity contribution is -0.558. The highest BCUT2D eigenvalue weighted by molar-refractivity contribution is 6.09. The van der Waals surface area contributed by atoms with Crippen LogP contribution in [-0.4, -0.2) is 36.0 Å². The van der Waals surface area contributed by atoms with Gasteiger partial charge in [-0.2, -0.15) is 5.32 Å². The summed E-state index contributed by atoms with van der Waals surface area (Å²) < 4.78 is 2.14. The van der Waals surface area contributed by atoms with Gasteiger partial charge in [0.25, 0.3) is 0 Å². The molecule has 0 unspecified atom stereocenters. The number of amides is 1. The van der Waals surface area contributed by atoms with Gasteiger partial charge >= 0.3 is 23.5 Å². The van der Waals surface area contributed by atoms with E-state index < -0.39 is 5.66 Å².